The van der Waals surface area contributed by atoms with Crippen LogP contribution in [-0.2, 0) is 6.18 Å². The molecule has 0 saturated heterocycles. The Morgan fingerprint density at radius 2 is 1.88 bits per heavy atom. The maximum atomic E-state index is 13.0. The summed E-state index contributed by atoms with van der Waals surface area (Å²) < 4.78 is 44.6. The Bertz CT molecular complexity index is 925. The van der Waals surface area contributed by atoms with E-state index in [1.807, 2.05) is 0 Å². The van der Waals surface area contributed by atoms with Gasteiger partial charge in [0, 0.05) is 5.56 Å². The fourth-order valence-corrected chi connectivity index (χ4v) is 2.43. The minimum absolute atomic E-state index is 0.144. The quantitative estimate of drug-likeness (QED) is 0.728. The topological polar surface area (TPSA) is 70.9 Å². The molecule has 0 radical (unpaired) electrons. The monoisotopic (exact) mass is 349 g/mol. The zero-order valence-electron chi connectivity index (χ0n) is 13.4. The van der Waals surface area contributed by atoms with Gasteiger partial charge in [0.1, 0.15) is 11.5 Å². The molecule has 2 aromatic heterocycles. The average Bonchev–Trinajstić information content (AvgIpc) is 3.13. The standard InChI is InChI=1S/C17H14F3N3O2/c1-9-7-8-13(25-9)14-10(2)15(23-22-14)21-16(24)11-5-3-4-6-12(11)17(18,19)20/h3-8H,1-2H3,(H2,21,22,23,24). The predicted octanol–water partition coefficient (Wildman–Crippen LogP) is 4.56. The van der Waals surface area contributed by atoms with Gasteiger partial charge in [-0.3, -0.25) is 9.89 Å². The molecule has 2 heterocycles. The molecule has 8 heteroatoms. The normalized spacial score (nSPS) is 11.6. The van der Waals surface area contributed by atoms with Crippen molar-refractivity contribution in [2.24, 2.45) is 0 Å². The van der Waals surface area contributed by atoms with E-state index in [0.29, 0.717) is 22.8 Å². The van der Waals surface area contributed by atoms with Gasteiger partial charge >= 0.3 is 6.18 Å². The molecule has 0 aliphatic heterocycles. The summed E-state index contributed by atoms with van der Waals surface area (Å²) in [5.41, 5.74) is -0.352. The molecule has 1 aromatic carbocycles. The maximum absolute atomic E-state index is 13.0. The van der Waals surface area contributed by atoms with Crippen molar-refractivity contribution in [2.45, 2.75) is 20.0 Å². The number of hydrogen-bond acceptors (Lipinski definition) is 3. The molecule has 0 fully saturated rings. The van der Waals surface area contributed by atoms with Crippen LogP contribution in [0.3, 0.4) is 0 Å². The van der Waals surface area contributed by atoms with Crippen molar-refractivity contribution in [3.05, 3.63) is 58.8 Å². The largest absolute Gasteiger partial charge is 0.460 e. The molecule has 3 rings (SSSR count). The number of benzene rings is 1. The van der Waals surface area contributed by atoms with Gasteiger partial charge in [-0.15, -0.1) is 0 Å². The van der Waals surface area contributed by atoms with Crippen LogP contribution >= 0.6 is 0 Å². The van der Waals surface area contributed by atoms with E-state index in [1.165, 1.54) is 12.1 Å². The van der Waals surface area contributed by atoms with E-state index >= 15 is 0 Å². The summed E-state index contributed by atoms with van der Waals surface area (Å²) in [5.74, 6) is 0.489. The van der Waals surface area contributed by atoms with Crippen LogP contribution < -0.4 is 5.32 Å². The van der Waals surface area contributed by atoms with E-state index in [1.54, 1.807) is 26.0 Å². The van der Waals surface area contributed by atoms with Crippen molar-refractivity contribution in [1.82, 2.24) is 10.2 Å². The lowest BCUT2D eigenvalue weighted by Crippen LogP contribution is -2.19. The van der Waals surface area contributed by atoms with Crippen molar-refractivity contribution in [1.29, 1.82) is 0 Å². The number of aryl methyl sites for hydroxylation is 1. The molecule has 3 aromatic rings. The Hall–Kier alpha value is -3.03. The Morgan fingerprint density at radius 1 is 1.16 bits per heavy atom. The fourth-order valence-electron chi connectivity index (χ4n) is 2.43. The summed E-state index contributed by atoms with van der Waals surface area (Å²) in [7, 11) is 0. The van der Waals surface area contributed by atoms with Crippen LogP contribution in [0.2, 0.25) is 0 Å². The second-order valence-electron chi connectivity index (χ2n) is 5.48. The summed E-state index contributed by atoms with van der Waals surface area (Å²) in [5, 5.41) is 9.10. The number of alkyl halides is 3. The first-order valence-corrected chi connectivity index (χ1v) is 7.36. The predicted molar refractivity (Wildman–Crippen MR) is 85.2 cm³/mol. The molecule has 5 nitrogen and oxygen atoms in total. The summed E-state index contributed by atoms with van der Waals surface area (Å²) in [6, 6.07) is 8.10. The third kappa shape index (κ3) is 3.28. The van der Waals surface area contributed by atoms with Gasteiger partial charge in [-0.2, -0.15) is 18.3 Å². The Balaban J connectivity index is 1.89. The SMILES string of the molecule is Cc1ccc(-c2[nH]nc(NC(=O)c3ccccc3C(F)(F)F)c2C)o1. The van der Waals surface area contributed by atoms with Crippen molar-refractivity contribution >= 4 is 11.7 Å². The number of furan rings is 1. The number of halogens is 3. The third-order valence-electron chi connectivity index (χ3n) is 3.71. The van der Waals surface area contributed by atoms with Crippen LogP contribution in [0, 0.1) is 13.8 Å². The second kappa shape index (κ2) is 6.12. The Kier molecular flexibility index (Phi) is 4.12. The van der Waals surface area contributed by atoms with E-state index in [4.69, 9.17) is 4.42 Å². The molecule has 1 amide bonds. The fraction of sp³-hybridized carbons (Fsp3) is 0.176. The Morgan fingerprint density at radius 3 is 2.52 bits per heavy atom. The number of aromatic amines is 1. The number of carbonyl (C=O) groups is 1. The van der Waals surface area contributed by atoms with Crippen LogP contribution in [0.4, 0.5) is 19.0 Å². The first-order chi connectivity index (χ1) is 11.8. The van der Waals surface area contributed by atoms with Gasteiger partial charge in [0.2, 0.25) is 0 Å². The first kappa shape index (κ1) is 16.8. The van der Waals surface area contributed by atoms with Crippen molar-refractivity contribution < 1.29 is 22.4 Å². The summed E-state index contributed by atoms with van der Waals surface area (Å²) in [6.45, 7) is 3.47. The molecule has 0 atom stereocenters. The summed E-state index contributed by atoms with van der Waals surface area (Å²) >= 11 is 0. The smallest absolute Gasteiger partial charge is 0.417 e. The lowest BCUT2D eigenvalue weighted by molar-refractivity contribution is -0.137. The maximum Gasteiger partial charge on any atom is 0.417 e. The van der Waals surface area contributed by atoms with Crippen LogP contribution in [0.5, 0.6) is 0 Å². The first-order valence-electron chi connectivity index (χ1n) is 7.36. The summed E-state index contributed by atoms with van der Waals surface area (Å²) in [4.78, 5) is 12.3. The molecular weight excluding hydrogens is 335 g/mol. The van der Waals surface area contributed by atoms with E-state index in [9.17, 15) is 18.0 Å². The molecular formula is C17H14F3N3O2. The van der Waals surface area contributed by atoms with E-state index in [-0.39, 0.29) is 5.82 Å². The minimum Gasteiger partial charge on any atom is -0.460 e. The highest BCUT2D eigenvalue weighted by molar-refractivity contribution is 6.05. The van der Waals surface area contributed by atoms with E-state index in [0.717, 1.165) is 12.1 Å². The number of anilines is 1. The number of nitrogens with one attached hydrogen (secondary N) is 2. The molecule has 0 spiro atoms. The van der Waals surface area contributed by atoms with Gasteiger partial charge in [-0.25, -0.2) is 0 Å². The molecule has 0 bridgehead atoms. The minimum atomic E-state index is -4.62. The van der Waals surface area contributed by atoms with Gasteiger partial charge in [0.25, 0.3) is 5.91 Å². The van der Waals surface area contributed by atoms with Crippen LogP contribution in [-0.4, -0.2) is 16.1 Å². The lowest BCUT2D eigenvalue weighted by Gasteiger charge is -2.12. The molecule has 0 saturated carbocycles. The molecule has 2 N–H and O–H groups in total. The number of carbonyl (C=O) groups excluding carboxylic acids is 1. The van der Waals surface area contributed by atoms with Crippen molar-refractivity contribution in [2.75, 3.05) is 5.32 Å². The highest BCUT2D eigenvalue weighted by Crippen LogP contribution is 2.33. The van der Waals surface area contributed by atoms with Crippen molar-refractivity contribution in [3.63, 3.8) is 0 Å². The third-order valence-corrected chi connectivity index (χ3v) is 3.71. The molecule has 0 aliphatic rings. The van der Waals surface area contributed by atoms with Gasteiger partial charge in [0.05, 0.1) is 11.1 Å². The number of amides is 1. The zero-order valence-corrected chi connectivity index (χ0v) is 13.4. The highest BCUT2D eigenvalue weighted by Gasteiger charge is 2.35. The van der Waals surface area contributed by atoms with Crippen LogP contribution in [0.15, 0.2) is 40.8 Å². The highest BCUT2D eigenvalue weighted by atomic mass is 19.4. The number of aromatic nitrogens is 2. The van der Waals surface area contributed by atoms with Gasteiger partial charge in [-0.1, -0.05) is 12.1 Å². The summed E-state index contributed by atoms with van der Waals surface area (Å²) in [6.07, 6.45) is -4.62. The van der Waals surface area contributed by atoms with Gasteiger partial charge in [0.15, 0.2) is 11.6 Å². The Labute approximate surface area is 140 Å². The zero-order chi connectivity index (χ0) is 18.2. The molecule has 0 aliphatic carbocycles. The van der Waals surface area contributed by atoms with Gasteiger partial charge < -0.3 is 9.73 Å². The molecule has 130 valence electrons. The average molecular weight is 349 g/mol. The molecule has 0 unspecified atom stereocenters. The van der Waals surface area contributed by atoms with E-state index < -0.39 is 23.2 Å². The van der Waals surface area contributed by atoms with Gasteiger partial charge in [-0.05, 0) is 38.1 Å². The number of rotatable bonds is 3. The number of nitrogens with zero attached hydrogens (tertiary/aromatic N) is 1. The van der Waals surface area contributed by atoms with E-state index in [2.05, 4.69) is 15.5 Å². The number of H-pyrrole nitrogens is 1. The lowest BCUT2D eigenvalue weighted by atomic mass is 10.1. The number of hydrogen-bond donors (Lipinski definition) is 2. The van der Waals surface area contributed by atoms with Crippen LogP contribution in [0.1, 0.15) is 27.2 Å². The van der Waals surface area contributed by atoms with Crippen molar-refractivity contribution in [3.8, 4) is 11.5 Å². The molecule has 25 heavy (non-hydrogen) atoms. The van der Waals surface area contributed by atoms with Crippen LogP contribution in [0.25, 0.3) is 11.5 Å². The second-order valence-corrected chi connectivity index (χ2v) is 5.48.